The minimum absolute atomic E-state index is 0.119. The molecule has 0 saturated carbocycles. The SMILES string of the molecule is CCCN(CCC)C(=O)CSC(C)C(C)O. The van der Waals surface area contributed by atoms with Crippen molar-refractivity contribution in [2.24, 2.45) is 0 Å². The van der Waals surface area contributed by atoms with Gasteiger partial charge in [-0.3, -0.25) is 4.79 Å². The molecule has 0 spiro atoms. The molecule has 2 atom stereocenters. The molecule has 0 saturated heterocycles. The Morgan fingerprint density at radius 3 is 2.12 bits per heavy atom. The van der Waals surface area contributed by atoms with Crippen molar-refractivity contribution >= 4 is 17.7 Å². The summed E-state index contributed by atoms with van der Waals surface area (Å²) >= 11 is 1.53. The summed E-state index contributed by atoms with van der Waals surface area (Å²) in [5, 5.41) is 9.45. The average molecular weight is 247 g/mol. The highest BCUT2D eigenvalue weighted by molar-refractivity contribution is 8.00. The van der Waals surface area contributed by atoms with Gasteiger partial charge in [0.05, 0.1) is 11.9 Å². The van der Waals surface area contributed by atoms with E-state index >= 15 is 0 Å². The summed E-state index contributed by atoms with van der Waals surface area (Å²) in [7, 11) is 0. The Kier molecular flexibility index (Phi) is 8.76. The van der Waals surface area contributed by atoms with E-state index in [1.807, 2.05) is 11.8 Å². The zero-order chi connectivity index (χ0) is 12.6. The number of hydrogen-bond acceptors (Lipinski definition) is 3. The highest BCUT2D eigenvalue weighted by atomic mass is 32.2. The molecule has 16 heavy (non-hydrogen) atoms. The molecule has 3 nitrogen and oxygen atoms in total. The Morgan fingerprint density at radius 2 is 1.75 bits per heavy atom. The van der Waals surface area contributed by atoms with Gasteiger partial charge in [0.2, 0.25) is 5.91 Å². The fourth-order valence-electron chi connectivity index (χ4n) is 1.33. The third-order valence-electron chi connectivity index (χ3n) is 2.49. The summed E-state index contributed by atoms with van der Waals surface area (Å²) in [5.41, 5.74) is 0. The Morgan fingerprint density at radius 1 is 1.25 bits per heavy atom. The third kappa shape index (κ3) is 6.38. The molecule has 1 N–H and O–H groups in total. The topological polar surface area (TPSA) is 40.5 Å². The van der Waals surface area contributed by atoms with Crippen molar-refractivity contribution in [2.75, 3.05) is 18.8 Å². The van der Waals surface area contributed by atoms with Crippen LogP contribution in [0.4, 0.5) is 0 Å². The van der Waals surface area contributed by atoms with E-state index in [9.17, 15) is 9.90 Å². The Hall–Kier alpha value is -0.220. The number of carbonyl (C=O) groups is 1. The normalized spacial score (nSPS) is 14.6. The van der Waals surface area contributed by atoms with E-state index in [2.05, 4.69) is 13.8 Å². The van der Waals surface area contributed by atoms with Crippen LogP contribution in [0.25, 0.3) is 0 Å². The smallest absolute Gasteiger partial charge is 0.232 e. The number of aliphatic hydroxyl groups excluding tert-OH is 1. The fraction of sp³-hybridized carbons (Fsp3) is 0.917. The van der Waals surface area contributed by atoms with Gasteiger partial charge in [-0.2, -0.15) is 0 Å². The second-order valence-corrected chi connectivity index (χ2v) is 5.50. The molecule has 0 aliphatic heterocycles. The fourth-order valence-corrected chi connectivity index (χ4v) is 2.20. The van der Waals surface area contributed by atoms with E-state index < -0.39 is 0 Å². The van der Waals surface area contributed by atoms with Crippen LogP contribution in [0.5, 0.6) is 0 Å². The molecule has 0 bridgehead atoms. The van der Waals surface area contributed by atoms with E-state index in [4.69, 9.17) is 0 Å². The maximum absolute atomic E-state index is 11.9. The highest BCUT2D eigenvalue weighted by Gasteiger charge is 2.15. The summed E-state index contributed by atoms with van der Waals surface area (Å²) in [6.07, 6.45) is 1.65. The van der Waals surface area contributed by atoms with Crippen LogP contribution in [0, 0.1) is 0 Å². The van der Waals surface area contributed by atoms with Gasteiger partial charge in [-0.1, -0.05) is 20.8 Å². The van der Waals surface area contributed by atoms with Gasteiger partial charge in [-0.15, -0.1) is 11.8 Å². The molecule has 0 rings (SSSR count). The molecule has 0 aromatic rings. The van der Waals surface area contributed by atoms with Crippen LogP contribution in [-0.2, 0) is 4.79 Å². The maximum atomic E-state index is 11.9. The van der Waals surface area contributed by atoms with Crippen molar-refractivity contribution in [2.45, 2.75) is 51.9 Å². The molecule has 0 aromatic carbocycles. The molecular formula is C12H25NO2S. The summed E-state index contributed by atoms with van der Waals surface area (Å²) in [5.74, 6) is 0.674. The summed E-state index contributed by atoms with van der Waals surface area (Å²) in [6.45, 7) is 9.57. The molecule has 0 aliphatic rings. The minimum Gasteiger partial charge on any atom is -0.392 e. The van der Waals surface area contributed by atoms with Crippen molar-refractivity contribution in [1.29, 1.82) is 0 Å². The van der Waals surface area contributed by atoms with Gasteiger partial charge in [-0.25, -0.2) is 0 Å². The van der Waals surface area contributed by atoms with E-state index in [0.717, 1.165) is 25.9 Å². The van der Waals surface area contributed by atoms with Crippen LogP contribution in [-0.4, -0.2) is 46.1 Å². The van der Waals surface area contributed by atoms with Crippen LogP contribution >= 0.6 is 11.8 Å². The molecule has 1 amide bonds. The third-order valence-corrected chi connectivity index (χ3v) is 3.82. The Labute approximate surface area is 104 Å². The van der Waals surface area contributed by atoms with Crippen molar-refractivity contribution in [3.05, 3.63) is 0 Å². The lowest BCUT2D eigenvalue weighted by Crippen LogP contribution is -2.34. The number of hydrogen-bond donors (Lipinski definition) is 1. The average Bonchev–Trinajstić information content (AvgIpc) is 2.24. The quantitative estimate of drug-likeness (QED) is 0.714. The standard InChI is InChI=1S/C12H25NO2S/c1-5-7-13(8-6-2)12(15)9-16-11(4)10(3)14/h10-11,14H,5-9H2,1-4H3. The minimum atomic E-state index is -0.358. The lowest BCUT2D eigenvalue weighted by atomic mass is 10.3. The van der Waals surface area contributed by atoms with Crippen LogP contribution in [0.3, 0.4) is 0 Å². The number of amides is 1. The zero-order valence-corrected chi connectivity index (χ0v) is 11.7. The van der Waals surface area contributed by atoms with Gasteiger partial charge in [0.25, 0.3) is 0 Å². The van der Waals surface area contributed by atoms with Gasteiger partial charge in [0.1, 0.15) is 0 Å². The van der Waals surface area contributed by atoms with E-state index in [1.54, 1.807) is 6.92 Å². The first-order valence-corrected chi connectivity index (χ1v) is 7.15. The number of carbonyl (C=O) groups excluding carboxylic acids is 1. The number of rotatable bonds is 8. The molecular weight excluding hydrogens is 222 g/mol. The molecule has 0 heterocycles. The number of thioether (sulfide) groups is 1. The number of aliphatic hydroxyl groups is 1. The van der Waals surface area contributed by atoms with Gasteiger partial charge in [-0.05, 0) is 19.8 Å². The summed E-state index contributed by atoms with van der Waals surface area (Å²) < 4.78 is 0. The molecule has 0 aromatic heterocycles. The predicted molar refractivity (Wildman–Crippen MR) is 70.8 cm³/mol. The zero-order valence-electron chi connectivity index (χ0n) is 10.9. The summed E-state index contributed by atoms with van der Waals surface area (Å²) in [6, 6.07) is 0. The van der Waals surface area contributed by atoms with Crippen molar-refractivity contribution in [3.8, 4) is 0 Å². The van der Waals surface area contributed by atoms with Crippen molar-refractivity contribution in [3.63, 3.8) is 0 Å². The van der Waals surface area contributed by atoms with Crippen molar-refractivity contribution in [1.82, 2.24) is 4.90 Å². The molecule has 4 heteroatoms. The van der Waals surface area contributed by atoms with Gasteiger partial charge in [0, 0.05) is 18.3 Å². The lowest BCUT2D eigenvalue weighted by Gasteiger charge is -2.22. The lowest BCUT2D eigenvalue weighted by molar-refractivity contribution is -0.128. The molecule has 2 unspecified atom stereocenters. The number of nitrogens with zero attached hydrogens (tertiary/aromatic N) is 1. The van der Waals surface area contributed by atoms with Crippen LogP contribution in [0.1, 0.15) is 40.5 Å². The molecule has 0 aliphatic carbocycles. The Balaban J connectivity index is 3.99. The predicted octanol–water partition coefficient (Wildman–Crippen LogP) is 2.14. The molecule has 0 fully saturated rings. The maximum Gasteiger partial charge on any atom is 0.232 e. The first-order chi connectivity index (χ1) is 7.52. The van der Waals surface area contributed by atoms with Gasteiger partial charge in [0.15, 0.2) is 0 Å². The van der Waals surface area contributed by atoms with Crippen molar-refractivity contribution < 1.29 is 9.90 Å². The second kappa shape index (κ2) is 8.88. The molecule has 96 valence electrons. The Bertz CT molecular complexity index is 191. The van der Waals surface area contributed by atoms with E-state index in [-0.39, 0.29) is 17.3 Å². The molecule has 0 radical (unpaired) electrons. The second-order valence-electron chi connectivity index (χ2n) is 4.14. The first-order valence-electron chi connectivity index (χ1n) is 6.10. The van der Waals surface area contributed by atoms with E-state index in [1.165, 1.54) is 11.8 Å². The van der Waals surface area contributed by atoms with Crippen LogP contribution in [0.2, 0.25) is 0 Å². The van der Waals surface area contributed by atoms with E-state index in [0.29, 0.717) is 5.75 Å². The highest BCUT2D eigenvalue weighted by Crippen LogP contribution is 2.15. The van der Waals surface area contributed by atoms with Gasteiger partial charge < -0.3 is 10.0 Å². The van der Waals surface area contributed by atoms with Crippen LogP contribution in [0.15, 0.2) is 0 Å². The summed E-state index contributed by atoms with van der Waals surface area (Å²) in [4.78, 5) is 13.8. The van der Waals surface area contributed by atoms with Crippen LogP contribution < -0.4 is 0 Å². The first kappa shape index (κ1) is 15.8. The largest absolute Gasteiger partial charge is 0.392 e. The van der Waals surface area contributed by atoms with Gasteiger partial charge >= 0.3 is 0 Å². The monoisotopic (exact) mass is 247 g/mol.